The molecule has 0 saturated carbocycles. The number of alkyl carbamates (subject to hydrolysis) is 1. The Hall–Kier alpha value is -1.79. The number of carbonyl (C=O) groups is 3. The smallest absolute Gasteiger partial charge is 0.408 e. The van der Waals surface area contributed by atoms with Crippen LogP contribution in [0.3, 0.4) is 0 Å². The van der Waals surface area contributed by atoms with Crippen LogP contribution in [0.5, 0.6) is 0 Å². The summed E-state index contributed by atoms with van der Waals surface area (Å²) in [6, 6.07) is -0.760. The molecule has 1 unspecified atom stereocenters. The van der Waals surface area contributed by atoms with Gasteiger partial charge in [0.25, 0.3) is 0 Å². The summed E-state index contributed by atoms with van der Waals surface area (Å²) in [6.45, 7) is 8.78. The first-order valence-electron chi connectivity index (χ1n) is 6.56. The number of nitrogens with two attached hydrogens (primary N) is 1. The molecule has 116 valence electrons. The second-order valence-corrected chi connectivity index (χ2v) is 6.01. The van der Waals surface area contributed by atoms with Gasteiger partial charge in [-0.05, 0) is 33.1 Å². The summed E-state index contributed by atoms with van der Waals surface area (Å²) in [6.07, 6.45) is -0.235. The molecule has 0 saturated heterocycles. The van der Waals surface area contributed by atoms with Crippen molar-refractivity contribution in [1.82, 2.24) is 10.6 Å². The minimum absolute atomic E-state index is 0.189. The molecular formula is C13H25N3O4. The molecular weight excluding hydrogens is 262 g/mol. The predicted molar refractivity (Wildman–Crippen MR) is 74.8 cm³/mol. The van der Waals surface area contributed by atoms with Crippen molar-refractivity contribution in [2.45, 2.75) is 52.7 Å². The average Bonchev–Trinajstić information content (AvgIpc) is 2.21. The van der Waals surface area contributed by atoms with Crippen LogP contribution >= 0.6 is 0 Å². The van der Waals surface area contributed by atoms with E-state index < -0.39 is 29.6 Å². The molecule has 0 aliphatic rings. The lowest BCUT2D eigenvalue weighted by Gasteiger charge is -2.24. The Morgan fingerprint density at radius 1 is 1.20 bits per heavy atom. The topological polar surface area (TPSA) is 111 Å². The zero-order chi connectivity index (χ0) is 15.9. The molecule has 7 heteroatoms. The second-order valence-electron chi connectivity index (χ2n) is 6.01. The maximum Gasteiger partial charge on any atom is 0.408 e. The second kappa shape index (κ2) is 7.72. The summed E-state index contributed by atoms with van der Waals surface area (Å²) in [4.78, 5) is 34.2. The fourth-order valence-electron chi connectivity index (χ4n) is 1.45. The summed E-state index contributed by atoms with van der Waals surface area (Å²) in [7, 11) is 0. The largest absolute Gasteiger partial charge is 0.444 e. The Morgan fingerprint density at radius 2 is 1.75 bits per heavy atom. The molecule has 20 heavy (non-hydrogen) atoms. The number of hydrogen-bond acceptors (Lipinski definition) is 4. The summed E-state index contributed by atoms with van der Waals surface area (Å²) >= 11 is 0. The fourth-order valence-corrected chi connectivity index (χ4v) is 1.45. The van der Waals surface area contributed by atoms with E-state index in [-0.39, 0.29) is 12.5 Å². The van der Waals surface area contributed by atoms with E-state index in [4.69, 9.17) is 10.5 Å². The number of carbonyl (C=O) groups excluding carboxylic acids is 3. The van der Waals surface area contributed by atoms with E-state index in [0.29, 0.717) is 6.42 Å². The van der Waals surface area contributed by atoms with Gasteiger partial charge in [0.1, 0.15) is 11.6 Å². The van der Waals surface area contributed by atoms with Gasteiger partial charge < -0.3 is 21.1 Å². The van der Waals surface area contributed by atoms with Crippen LogP contribution in [0.15, 0.2) is 0 Å². The lowest BCUT2D eigenvalue weighted by molar-refractivity contribution is -0.126. The molecule has 0 heterocycles. The highest BCUT2D eigenvalue weighted by Gasteiger charge is 2.25. The van der Waals surface area contributed by atoms with Crippen molar-refractivity contribution in [3.05, 3.63) is 0 Å². The van der Waals surface area contributed by atoms with Gasteiger partial charge in [0, 0.05) is 0 Å². The van der Waals surface area contributed by atoms with Crippen LogP contribution in [0.1, 0.15) is 41.0 Å². The standard InChI is InChI=1S/C13H25N3O4/c1-8(2)6-9(11(18)15-7-10(14)17)16-12(19)20-13(3,4)5/h8-9H,6-7H2,1-5H3,(H2,14,17)(H,15,18)(H,16,19). The van der Waals surface area contributed by atoms with Gasteiger partial charge >= 0.3 is 6.09 Å². The van der Waals surface area contributed by atoms with Crippen LogP contribution < -0.4 is 16.4 Å². The molecule has 4 N–H and O–H groups in total. The molecule has 1 atom stereocenters. The summed E-state index contributed by atoms with van der Waals surface area (Å²) in [5.41, 5.74) is 4.32. The molecule has 0 aliphatic heterocycles. The molecule has 7 nitrogen and oxygen atoms in total. The number of amides is 3. The van der Waals surface area contributed by atoms with Gasteiger partial charge in [-0.1, -0.05) is 13.8 Å². The lowest BCUT2D eigenvalue weighted by atomic mass is 10.0. The average molecular weight is 287 g/mol. The van der Waals surface area contributed by atoms with E-state index in [1.165, 1.54) is 0 Å². The van der Waals surface area contributed by atoms with Crippen molar-refractivity contribution in [2.75, 3.05) is 6.54 Å². The van der Waals surface area contributed by atoms with E-state index in [2.05, 4.69) is 10.6 Å². The highest BCUT2D eigenvalue weighted by molar-refractivity contribution is 5.89. The van der Waals surface area contributed by atoms with Crippen LogP contribution in [-0.4, -0.2) is 36.1 Å². The summed E-state index contributed by atoms with van der Waals surface area (Å²) in [5, 5.41) is 4.88. The third-order valence-electron chi connectivity index (χ3n) is 2.15. The molecule has 0 aromatic rings. The first-order valence-corrected chi connectivity index (χ1v) is 6.56. The Bertz CT molecular complexity index is 361. The van der Waals surface area contributed by atoms with Gasteiger partial charge in [-0.25, -0.2) is 4.79 Å². The minimum Gasteiger partial charge on any atom is -0.444 e. The molecule has 0 aromatic carbocycles. The Kier molecular flexibility index (Phi) is 7.02. The Morgan fingerprint density at radius 3 is 2.15 bits per heavy atom. The third kappa shape index (κ3) is 9.18. The van der Waals surface area contributed by atoms with E-state index in [1.54, 1.807) is 20.8 Å². The van der Waals surface area contributed by atoms with Crippen LogP contribution in [0.2, 0.25) is 0 Å². The van der Waals surface area contributed by atoms with Gasteiger partial charge in [-0.2, -0.15) is 0 Å². The molecule has 0 rings (SSSR count). The maximum absolute atomic E-state index is 11.9. The number of hydrogen-bond donors (Lipinski definition) is 3. The van der Waals surface area contributed by atoms with Crippen LogP contribution in [0.4, 0.5) is 4.79 Å². The van der Waals surface area contributed by atoms with Crippen LogP contribution in [-0.2, 0) is 14.3 Å². The van der Waals surface area contributed by atoms with Gasteiger partial charge in [-0.15, -0.1) is 0 Å². The summed E-state index contributed by atoms with van der Waals surface area (Å²) < 4.78 is 5.10. The number of primary amides is 1. The first-order chi connectivity index (χ1) is 9.01. The van der Waals surface area contributed by atoms with Crippen molar-refractivity contribution >= 4 is 17.9 Å². The van der Waals surface area contributed by atoms with Gasteiger partial charge in [-0.3, -0.25) is 9.59 Å². The molecule has 0 aliphatic carbocycles. The van der Waals surface area contributed by atoms with Gasteiger partial charge in [0.2, 0.25) is 11.8 Å². The molecule has 0 fully saturated rings. The quantitative estimate of drug-likeness (QED) is 0.661. The van der Waals surface area contributed by atoms with E-state index >= 15 is 0 Å². The van der Waals surface area contributed by atoms with Crippen molar-refractivity contribution in [3.63, 3.8) is 0 Å². The Labute approximate surface area is 119 Å². The van der Waals surface area contributed by atoms with Crippen molar-refractivity contribution in [2.24, 2.45) is 11.7 Å². The number of ether oxygens (including phenoxy) is 1. The molecule has 0 radical (unpaired) electrons. The third-order valence-corrected chi connectivity index (χ3v) is 2.15. The molecule has 0 bridgehead atoms. The van der Waals surface area contributed by atoms with Crippen molar-refractivity contribution < 1.29 is 19.1 Å². The lowest BCUT2D eigenvalue weighted by Crippen LogP contribution is -2.50. The summed E-state index contributed by atoms with van der Waals surface area (Å²) in [5.74, 6) is -0.906. The van der Waals surface area contributed by atoms with Gasteiger partial charge in [0.05, 0.1) is 6.54 Å². The van der Waals surface area contributed by atoms with E-state index in [0.717, 1.165) is 0 Å². The highest BCUT2D eigenvalue weighted by atomic mass is 16.6. The van der Waals surface area contributed by atoms with Crippen LogP contribution in [0, 0.1) is 5.92 Å². The first kappa shape index (κ1) is 18.2. The zero-order valence-corrected chi connectivity index (χ0v) is 12.8. The van der Waals surface area contributed by atoms with Crippen LogP contribution in [0.25, 0.3) is 0 Å². The van der Waals surface area contributed by atoms with E-state index in [1.807, 2.05) is 13.8 Å². The Balaban J connectivity index is 4.59. The fraction of sp³-hybridized carbons (Fsp3) is 0.769. The molecule has 3 amide bonds. The number of rotatable bonds is 6. The SMILES string of the molecule is CC(C)CC(NC(=O)OC(C)(C)C)C(=O)NCC(N)=O. The maximum atomic E-state index is 11.9. The molecule has 0 aromatic heterocycles. The van der Waals surface area contributed by atoms with Crippen molar-refractivity contribution in [3.8, 4) is 0 Å². The number of nitrogens with one attached hydrogen (secondary N) is 2. The highest BCUT2D eigenvalue weighted by Crippen LogP contribution is 2.09. The monoisotopic (exact) mass is 287 g/mol. The van der Waals surface area contributed by atoms with Crippen molar-refractivity contribution in [1.29, 1.82) is 0 Å². The predicted octanol–water partition coefficient (Wildman–Crippen LogP) is 0.527. The zero-order valence-electron chi connectivity index (χ0n) is 12.8. The minimum atomic E-state index is -0.760. The normalized spacial score (nSPS) is 12.7. The van der Waals surface area contributed by atoms with Gasteiger partial charge in [0.15, 0.2) is 0 Å². The van der Waals surface area contributed by atoms with E-state index in [9.17, 15) is 14.4 Å². The molecule has 0 spiro atoms.